The highest BCUT2D eigenvalue weighted by atomic mass is 16.6. The molecule has 0 radical (unpaired) electrons. The topological polar surface area (TPSA) is 140 Å². The molecule has 1 aromatic carbocycles. The molecule has 2 N–H and O–H groups in total. The van der Waals surface area contributed by atoms with Crippen molar-refractivity contribution < 1.29 is 19.1 Å². The predicted octanol–water partition coefficient (Wildman–Crippen LogP) is 4.69. The number of fused-ring (bicyclic) bond motifs is 3. The predicted molar refractivity (Wildman–Crippen MR) is 165 cm³/mol. The Hall–Kier alpha value is -4.78. The summed E-state index contributed by atoms with van der Waals surface area (Å²) in [5.41, 5.74) is 2.90. The number of anilines is 3. The number of amides is 3. The van der Waals surface area contributed by atoms with E-state index in [0.717, 1.165) is 61.2 Å². The fraction of sp³-hybridized carbons (Fsp3) is 0.419. The highest BCUT2D eigenvalue weighted by Gasteiger charge is 2.36. The fourth-order valence-corrected chi connectivity index (χ4v) is 6.28. The molecule has 13 heteroatoms. The molecular weight excluding hydrogens is 562 g/mol. The zero-order valence-corrected chi connectivity index (χ0v) is 24.6. The Morgan fingerprint density at radius 2 is 1.61 bits per heavy atom. The first kappa shape index (κ1) is 28.0. The maximum absolute atomic E-state index is 12.5. The van der Waals surface area contributed by atoms with E-state index < -0.39 is 0 Å². The van der Waals surface area contributed by atoms with Crippen LogP contribution in [-0.2, 0) is 9.47 Å². The largest absolute Gasteiger partial charge is 0.450 e. The summed E-state index contributed by atoms with van der Waals surface area (Å²) in [5.74, 6) is 1.45. The first-order chi connectivity index (χ1) is 21.5. The van der Waals surface area contributed by atoms with E-state index in [-0.39, 0.29) is 30.4 Å². The number of morpholine rings is 1. The van der Waals surface area contributed by atoms with Crippen LogP contribution in [0.5, 0.6) is 0 Å². The lowest BCUT2D eigenvalue weighted by Crippen LogP contribution is -2.43. The minimum absolute atomic E-state index is 0.0973. The van der Waals surface area contributed by atoms with Crippen molar-refractivity contribution in [1.82, 2.24) is 29.6 Å². The quantitative estimate of drug-likeness (QED) is 0.324. The molecule has 13 nitrogen and oxygen atoms in total. The monoisotopic (exact) mass is 597 g/mol. The molecule has 228 valence electrons. The van der Waals surface area contributed by atoms with Gasteiger partial charge in [-0.1, -0.05) is 0 Å². The lowest BCUT2D eigenvalue weighted by Gasteiger charge is -2.33. The van der Waals surface area contributed by atoms with Gasteiger partial charge in [-0.2, -0.15) is 5.10 Å². The Labute approximate surface area is 254 Å². The van der Waals surface area contributed by atoms with Gasteiger partial charge in [0.25, 0.3) is 0 Å². The average molecular weight is 598 g/mol. The van der Waals surface area contributed by atoms with Crippen molar-refractivity contribution in [2.45, 2.75) is 50.9 Å². The normalized spacial score (nSPS) is 20.1. The van der Waals surface area contributed by atoms with Gasteiger partial charge in [0.2, 0.25) is 0 Å². The smallest absolute Gasteiger partial charge is 0.409 e. The molecule has 6 heterocycles. The number of piperidine rings is 1. The molecule has 3 aliphatic heterocycles. The summed E-state index contributed by atoms with van der Waals surface area (Å²) in [6.45, 7) is 4.95. The number of benzene rings is 1. The summed E-state index contributed by atoms with van der Waals surface area (Å²) in [4.78, 5) is 42.9. The Balaban J connectivity index is 1.17. The number of likely N-dealkylation sites (tertiary alicyclic amines) is 1. The SMILES string of the molecule is CCOC(=O)N1CCC(n2ncc3c(N4CC5CCC(C4)O5)nc(-c4ccc(NC(=O)Nc5ccncc5)cc4)nc32)CC1. The third-order valence-corrected chi connectivity index (χ3v) is 8.45. The van der Waals surface area contributed by atoms with Crippen LogP contribution in [-0.4, -0.2) is 86.8 Å². The van der Waals surface area contributed by atoms with E-state index in [1.54, 1.807) is 29.4 Å². The van der Waals surface area contributed by atoms with Crippen LogP contribution >= 0.6 is 0 Å². The number of carbonyl (C=O) groups is 2. The van der Waals surface area contributed by atoms with E-state index in [2.05, 4.69) is 20.5 Å². The first-order valence-electron chi connectivity index (χ1n) is 15.2. The maximum atomic E-state index is 12.5. The number of aromatic nitrogens is 5. The number of urea groups is 1. The van der Waals surface area contributed by atoms with Crippen LogP contribution in [0.25, 0.3) is 22.4 Å². The molecule has 3 saturated heterocycles. The summed E-state index contributed by atoms with van der Waals surface area (Å²) in [7, 11) is 0. The summed E-state index contributed by atoms with van der Waals surface area (Å²) in [6.07, 6.45) is 8.89. The van der Waals surface area contributed by atoms with Crippen LogP contribution in [0.2, 0.25) is 0 Å². The van der Waals surface area contributed by atoms with Crippen molar-refractivity contribution >= 4 is 40.4 Å². The van der Waals surface area contributed by atoms with Gasteiger partial charge in [0.05, 0.1) is 36.4 Å². The molecule has 3 aliphatic rings. The van der Waals surface area contributed by atoms with Crippen molar-refractivity contribution in [2.24, 2.45) is 0 Å². The van der Waals surface area contributed by atoms with Gasteiger partial charge in [-0.3, -0.25) is 4.98 Å². The van der Waals surface area contributed by atoms with Crippen LogP contribution < -0.4 is 15.5 Å². The van der Waals surface area contributed by atoms with E-state index in [4.69, 9.17) is 24.5 Å². The Bertz CT molecular complexity index is 1630. The Morgan fingerprint density at radius 3 is 2.30 bits per heavy atom. The summed E-state index contributed by atoms with van der Waals surface area (Å²) >= 11 is 0. The van der Waals surface area contributed by atoms with E-state index in [0.29, 0.717) is 36.9 Å². The number of hydrogen-bond acceptors (Lipinski definition) is 9. The molecule has 3 fully saturated rings. The molecule has 0 spiro atoms. The van der Waals surface area contributed by atoms with Crippen molar-refractivity contribution in [3.05, 3.63) is 55.0 Å². The number of nitrogens with zero attached hydrogens (tertiary/aromatic N) is 7. The van der Waals surface area contributed by atoms with Gasteiger partial charge in [0.15, 0.2) is 11.5 Å². The van der Waals surface area contributed by atoms with Gasteiger partial charge in [-0.05, 0) is 69.0 Å². The lowest BCUT2D eigenvalue weighted by molar-refractivity contribution is 0.0303. The van der Waals surface area contributed by atoms with Crippen molar-refractivity contribution in [2.75, 3.05) is 48.3 Å². The summed E-state index contributed by atoms with van der Waals surface area (Å²) in [5, 5.41) is 11.4. The minimum atomic E-state index is -0.344. The molecule has 0 aliphatic carbocycles. The zero-order valence-electron chi connectivity index (χ0n) is 24.6. The highest BCUT2D eigenvalue weighted by Crippen LogP contribution is 2.35. The molecule has 2 atom stereocenters. The molecule has 2 bridgehead atoms. The van der Waals surface area contributed by atoms with Crippen LogP contribution in [0.3, 0.4) is 0 Å². The van der Waals surface area contributed by atoms with E-state index in [9.17, 15) is 9.59 Å². The van der Waals surface area contributed by atoms with Crippen molar-refractivity contribution in [3.63, 3.8) is 0 Å². The molecular formula is C31H35N9O4. The van der Waals surface area contributed by atoms with Gasteiger partial charge in [0, 0.05) is 55.5 Å². The highest BCUT2D eigenvalue weighted by molar-refractivity contribution is 5.99. The average Bonchev–Trinajstić information content (AvgIpc) is 3.63. The lowest BCUT2D eigenvalue weighted by atomic mass is 10.1. The Kier molecular flexibility index (Phi) is 7.69. The molecule has 44 heavy (non-hydrogen) atoms. The van der Waals surface area contributed by atoms with Gasteiger partial charge in [0.1, 0.15) is 5.82 Å². The van der Waals surface area contributed by atoms with Crippen molar-refractivity contribution in [3.8, 4) is 11.4 Å². The van der Waals surface area contributed by atoms with Crippen LogP contribution in [0.4, 0.5) is 26.8 Å². The van der Waals surface area contributed by atoms with Gasteiger partial charge in [-0.15, -0.1) is 0 Å². The molecule has 7 rings (SSSR count). The van der Waals surface area contributed by atoms with Gasteiger partial charge >= 0.3 is 12.1 Å². The summed E-state index contributed by atoms with van der Waals surface area (Å²) in [6, 6.07) is 10.7. The standard InChI is InChI=1S/C31H35N9O4/c1-2-43-31(42)38-15-11-23(12-16-38)40-29-26(17-33-40)28(39-18-24-7-8-25(19-39)44-24)36-27(37-29)20-3-5-21(6-4-20)34-30(41)35-22-9-13-32-14-10-22/h3-6,9-10,13-14,17,23-25H,2,7-8,11-12,15-16,18-19H2,1H3,(H2,32,34,35,41). The number of rotatable bonds is 6. The molecule has 3 aromatic heterocycles. The number of ether oxygens (including phenoxy) is 2. The number of hydrogen-bond donors (Lipinski definition) is 2. The first-order valence-corrected chi connectivity index (χ1v) is 15.2. The van der Waals surface area contributed by atoms with Crippen LogP contribution in [0.15, 0.2) is 55.0 Å². The zero-order chi connectivity index (χ0) is 30.0. The third kappa shape index (κ3) is 5.74. The second-order valence-electron chi connectivity index (χ2n) is 11.4. The molecule has 0 saturated carbocycles. The van der Waals surface area contributed by atoms with Gasteiger partial charge in [-0.25, -0.2) is 24.2 Å². The van der Waals surface area contributed by atoms with E-state index in [1.165, 1.54) is 0 Å². The number of pyridine rings is 1. The summed E-state index contributed by atoms with van der Waals surface area (Å²) < 4.78 is 13.3. The van der Waals surface area contributed by atoms with Gasteiger partial charge < -0.3 is 29.9 Å². The van der Waals surface area contributed by atoms with Crippen molar-refractivity contribution in [1.29, 1.82) is 0 Å². The maximum Gasteiger partial charge on any atom is 0.409 e. The Morgan fingerprint density at radius 1 is 0.932 bits per heavy atom. The van der Waals surface area contributed by atoms with E-state index in [1.807, 2.05) is 42.1 Å². The number of nitrogens with one attached hydrogen (secondary N) is 2. The third-order valence-electron chi connectivity index (χ3n) is 8.45. The minimum Gasteiger partial charge on any atom is -0.450 e. The fourth-order valence-electron chi connectivity index (χ4n) is 6.28. The second-order valence-corrected chi connectivity index (χ2v) is 11.4. The molecule has 2 unspecified atom stereocenters. The van der Waals surface area contributed by atoms with E-state index >= 15 is 0 Å². The molecule has 3 amide bonds. The molecule has 4 aromatic rings. The van der Waals surface area contributed by atoms with Crippen LogP contribution in [0, 0.1) is 0 Å². The van der Waals surface area contributed by atoms with Crippen LogP contribution in [0.1, 0.15) is 38.6 Å². The second kappa shape index (κ2) is 12.1. The number of carbonyl (C=O) groups excluding carboxylic acids is 2.